The lowest BCUT2D eigenvalue weighted by molar-refractivity contribution is -0.156. The number of rotatable bonds is 12. The van der Waals surface area contributed by atoms with E-state index < -0.39 is 33.4 Å². The molecule has 35 heavy (non-hydrogen) atoms. The number of likely N-dealkylation sites (tertiary alicyclic amines) is 1. The highest BCUT2D eigenvalue weighted by atomic mass is 32.2. The minimum atomic E-state index is -0.725. The van der Waals surface area contributed by atoms with Crippen LogP contribution in [-0.4, -0.2) is 80.1 Å². The van der Waals surface area contributed by atoms with E-state index in [9.17, 15) is 19.5 Å². The fourth-order valence-corrected chi connectivity index (χ4v) is 9.09. The molecule has 1 spiro atoms. The van der Waals surface area contributed by atoms with Gasteiger partial charge in [0.25, 0.3) is 0 Å². The van der Waals surface area contributed by atoms with Crippen molar-refractivity contribution in [1.29, 1.82) is 0 Å². The monoisotopic (exact) mass is 508 g/mol. The third-order valence-corrected chi connectivity index (χ3v) is 10.7. The molecule has 8 heteroatoms. The van der Waals surface area contributed by atoms with Crippen LogP contribution in [0.15, 0.2) is 12.7 Å². The molecule has 198 valence electrons. The van der Waals surface area contributed by atoms with Crippen LogP contribution in [-0.2, 0) is 19.1 Å². The Labute approximate surface area is 215 Å². The molecular formula is C27H44N2O5S. The van der Waals surface area contributed by atoms with Gasteiger partial charge in [-0.25, -0.2) is 0 Å². The van der Waals surface area contributed by atoms with Gasteiger partial charge in [-0.1, -0.05) is 39.7 Å². The van der Waals surface area contributed by atoms with Gasteiger partial charge >= 0.3 is 5.97 Å². The summed E-state index contributed by atoms with van der Waals surface area (Å²) < 4.78 is 4.31. The van der Waals surface area contributed by atoms with Gasteiger partial charge < -0.3 is 19.6 Å². The average molecular weight is 509 g/mol. The Morgan fingerprint density at radius 1 is 1.31 bits per heavy atom. The molecule has 2 amide bonds. The van der Waals surface area contributed by atoms with E-state index in [1.54, 1.807) is 29.7 Å². The maximum absolute atomic E-state index is 14.4. The lowest BCUT2D eigenvalue weighted by Gasteiger charge is -2.42. The van der Waals surface area contributed by atoms with E-state index in [1.807, 2.05) is 32.6 Å². The van der Waals surface area contributed by atoms with Crippen LogP contribution in [0.5, 0.6) is 0 Å². The van der Waals surface area contributed by atoms with Gasteiger partial charge in [-0.2, -0.15) is 0 Å². The molecule has 2 bridgehead atoms. The van der Waals surface area contributed by atoms with Crippen LogP contribution in [0.4, 0.5) is 0 Å². The molecule has 0 aliphatic carbocycles. The number of carbonyl (C=O) groups is 3. The molecule has 0 aromatic rings. The van der Waals surface area contributed by atoms with Crippen molar-refractivity contribution in [1.82, 2.24) is 9.80 Å². The number of esters is 1. The number of aliphatic hydroxyl groups excluding tert-OH is 1. The first-order valence-corrected chi connectivity index (χ1v) is 14.1. The van der Waals surface area contributed by atoms with Gasteiger partial charge in [0.05, 0.1) is 35.8 Å². The van der Waals surface area contributed by atoms with Gasteiger partial charge in [0.2, 0.25) is 11.8 Å². The largest absolute Gasteiger partial charge is 0.466 e. The molecule has 0 saturated carbocycles. The molecule has 3 unspecified atom stereocenters. The smallest absolute Gasteiger partial charge is 0.311 e. The summed E-state index contributed by atoms with van der Waals surface area (Å²) in [6, 6.07) is -1.21. The maximum atomic E-state index is 14.4. The molecule has 3 aliphatic heterocycles. The van der Waals surface area contributed by atoms with E-state index in [2.05, 4.69) is 13.5 Å². The van der Waals surface area contributed by atoms with Gasteiger partial charge in [0.1, 0.15) is 6.04 Å². The Balaban J connectivity index is 2.16. The zero-order valence-corrected chi connectivity index (χ0v) is 23.1. The Morgan fingerprint density at radius 3 is 2.54 bits per heavy atom. The fourth-order valence-electron chi connectivity index (χ4n) is 6.76. The van der Waals surface area contributed by atoms with Crippen LogP contribution in [0, 0.1) is 17.8 Å². The van der Waals surface area contributed by atoms with Crippen molar-refractivity contribution in [2.45, 2.75) is 101 Å². The molecule has 0 radical (unpaired) electrons. The van der Waals surface area contributed by atoms with Crippen molar-refractivity contribution < 1.29 is 24.2 Å². The predicted molar refractivity (Wildman–Crippen MR) is 139 cm³/mol. The Bertz CT molecular complexity index is 836. The average Bonchev–Trinajstić information content (AvgIpc) is 3.39. The molecule has 3 aliphatic rings. The van der Waals surface area contributed by atoms with Crippen LogP contribution in [0.1, 0.15) is 73.6 Å². The Kier molecular flexibility index (Phi) is 8.68. The van der Waals surface area contributed by atoms with Crippen molar-refractivity contribution >= 4 is 29.5 Å². The molecule has 0 aromatic heterocycles. The van der Waals surface area contributed by atoms with E-state index in [0.717, 1.165) is 25.7 Å². The van der Waals surface area contributed by atoms with Crippen molar-refractivity contribution in [3.63, 3.8) is 0 Å². The summed E-state index contributed by atoms with van der Waals surface area (Å²) in [5.74, 6) is -1.82. The Morgan fingerprint density at radius 2 is 2.00 bits per heavy atom. The second-order valence-electron chi connectivity index (χ2n) is 10.8. The van der Waals surface area contributed by atoms with Crippen molar-refractivity contribution in [2.75, 3.05) is 19.8 Å². The second kappa shape index (κ2) is 10.8. The topological polar surface area (TPSA) is 87.2 Å². The van der Waals surface area contributed by atoms with Gasteiger partial charge in [-0.05, 0) is 46.0 Å². The van der Waals surface area contributed by atoms with E-state index in [1.165, 1.54) is 0 Å². The second-order valence-corrected chi connectivity index (χ2v) is 12.7. The number of hydrogen-bond donors (Lipinski definition) is 1. The summed E-state index contributed by atoms with van der Waals surface area (Å²) in [4.78, 5) is 45.4. The number of fused-ring (bicyclic) bond motifs is 1. The normalized spacial score (nSPS) is 33.9. The van der Waals surface area contributed by atoms with Gasteiger partial charge in [0.15, 0.2) is 0 Å². The summed E-state index contributed by atoms with van der Waals surface area (Å²) in [7, 11) is 0. The number of carbonyl (C=O) groups excluding carboxylic acids is 3. The number of ether oxygens (including phenoxy) is 1. The lowest BCUT2D eigenvalue weighted by atomic mass is 9.66. The molecule has 3 rings (SSSR count). The van der Waals surface area contributed by atoms with Gasteiger partial charge in [-0.15, -0.1) is 18.3 Å². The van der Waals surface area contributed by atoms with Gasteiger partial charge in [0, 0.05) is 17.3 Å². The first-order valence-electron chi connectivity index (χ1n) is 13.3. The highest BCUT2D eigenvalue weighted by Gasteiger charge is 2.78. The molecule has 1 N–H and O–H groups in total. The third kappa shape index (κ3) is 4.43. The summed E-state index contributed by atoms with van der Waals surface area (Å²) in [6.45, 7) is 16.3. The van der Waals surface area contributed by atoms with Crippen LogP contribution in [0.3, 0.4) is 0 Å². The lowest BCUT2D eigenvalue weighted by Crippen LogP contribution is -2.59. The highest BCUT2D eigenvalue weighted by Crippen LogP contribution is 2.72. The zero-order valence-electron chi connectivity index (χ0n) is 22.3. The van der Waals surface area contributed by atoms with Gasteiger partial charge in [-0.3, -0.25) is 14.4 Å². The number of hydrogen-bond acceptors (Lipinski definition) is 6. The minimum absolute atomic E-state index is 0.00544. The number of nitrogens with zero attached hydrogens (tertiary/aromatic N) is 2. The third-order valence-electron chi connectivity index (χ3n) is 8.68. The zero-order chi connectivity index (χ0) is 26.1. The first-order chi connectivity index (χ1) is 16.6. The standard InChI is InChI=1S/C27H44N2O5S/c1-8-12-18(6)28(15-9-2)24(32)22-27-14-13-26(7,35-27)21(25(33)34-11-4)20(27)23(31)29(22)19(16-30)17(5)10-3/h9,17-22,30H,2,8,10-16H2,1,3-7H3/t17-,18?,19-,20-,21-,22?,26+,27?/m0/s1. The summed E-state index contributed by atoms with van der Waals surface area (Å²) in [5, 5.41) is 10.4. The molecule has 8 atom stereocenters. The fraction of sp³-hybridized carbons (Fsp3) is 0.815. The number of thioether (sulfide) groups is 1. The van der Waals surface area contributed by atoms with Crippen LogP contribution in [0.25, 0.3) is 0 Å². The number of amides is 2. The summed E-state index contributed by atoms with van der Waals surface area (Å²) in [5.41, 5.74) is 0. The Hall–Kier alpha value is -1.54. The van der Waals surface area contributed by atoms with Crippen molar-refractivity contribution in [3.8, 4) is 0 Å². The van der Waals surface area contributed by atoms with Crippen LogP contribution >= 0.6 is 11.8 Å². The van der Waals surface area contributed by atoms with Crippen LogP contribution in [0.2, 0.25) is 0 Å². The molecule has 3 heterocycles. The van der Waals surface area contributed by atoms with Crippen molar-refractivity contribution in [3.05, 3.63) is 12.7 Å². The molecule has 3 saturated heterocycles. The van der Waals surface area contributed by atoms with E-state index >= 15 is 0 Å². The predicted octanol–water partition coefficient (Wildman–Crippen LogP) is 3.64. The summed E-state index contributed by atoms with van der Waals surface area (Å²) >= 11 is 1.65. The highest BCUT2D eigenvalue weighted by molar-refractivity contribution is 8.02. The summed E-state index contributed by atoms with van der Waals surface area (Å²) in [6.07, 6.45) is 5.73. The quantitative estimate of drug-likeness (QED) is 0.320. The number of aliphatic hydroxyl groups is 1. The maximum Gasteiger partial charge on any atom is 0.311 e. The SMILES string of the molecule is C=CCN(C(=O)C1N([C@@H](CO)[C@@H](C)CC)C(=O)[C@@H]2[C@@H](C(=O)OCC)[C@@]3(C)CCC12S3)C(C)CCC. The molecular weight excluding hydrogens is 464 g/mol. The van der Waals surface area contributed by atoms with E-state index in [-0.39, 0.29) is 43.0 Å². The molecule has 0 aromatic carbocycles. The molecule has 3 fully saturated rings. The van der Waals surface area contributed by atoms with Crippen LogP contribution < -0.4 is 0 Å². The molecule has 7 nitrogen and oxygen atoms in total. The first kappa shape index (κ1) is 28.0. The van der Waals surface area contributed by atoms with E-state index in [0.29, 0.717) is 13.0 Å². The van der Waals surface area contributed by atoms with Crippen molar-refractivity contribution in [2.24, 2.45) is 17.8 Å². The van der Waals surface area contributed by atoms with E-state index in [4.69, 9.17) is 4.74 Å². The minimum Gasteiger partial charge on any atom is -0.466 e.